The highest BCUT2D eigenvalue weighted by Crippen LogP contribution is 2.29. The van der Waals surface area contributed by atoms with Crippen molar-refractivity contribution in [3.63, 3.8) is 0 Å². The Hall–Kier alpha value is -1.81. The summed E-state index contributed by atoms with van der Waals surface area (Å²) in [6, 6.07) is 13.7. The van der Waals surface area contributed by atoms with Crippen LogP contribution >= 0.6 is 0 Å². The van der Waals surface area contributed by atoms with Crippen molar-refractivity contribution < 1.29 is 0 Å². The van der Waals surface area contributed by atoms with E-state index >= 15 is 0 Å². The summed E-state index contributed by atoms with van der Waals surface area (Å²) in [5, 5.41) is 8.32. The number of aryl methyl sites for hydroxylation is 1. The molecule has 4 nitrogen and oxygen atoms in total. The van der Waals surface area contributed by atoms with Crippen molar-refractivity contribution in [1.82, 2.24) is 15.1 Å². The third-order valence-corrected chi connectivity index (χ3v) is 4.33. The zero-order valence-corrected chi connectivity index (χ0v) is 13.0. The lowest BCUT2D eigenvalue weighted by Crippen LogP contribution is -2.54. The zero-order valence-electron chi connectivity index (χ0n) is 13.0. The number of piperazine rings is 1. The van der Waals surface area contributed by atoms with Gasteiger partial charge in [0.1, 0.15) is 0 Å². The number of benzene rings is 1. The molecule has 0 spiro atoms. The monoisotopic (exact) mass is 284 g/mol. The minimum absolute atomic E-state index is 0.344. The maximum Gasteiger partial charge on any atom is 0.151 e. The van der Waals surface area contributed by atoms with Crippen LogP contribution in [0.4, 0.5) is 5.82 Å². The summed E-state index contributed by atoms with van der Waals surface area (Å²) in [7, 11) is 1.98. The van der Waals surface area contributed by atoms with Crippen LogP contribution in [0.3, 0.4) is 0 Å². The van der Waals surface area contributed by atoms with Crippen molar-refractivity contribution in [2.75, 3.05) is 18.0 Å². The Morgan fingerprint density at radius 2 is 1.95 bits per heavy atom. The number of aromatic nitrogens is 2. The SMILES string of the molecule is CC(C)C1CN(c2ccn(C)n2)C(c2ccccc2)CN1. The molecular formula is C17H24N4. The van der Waals surface area contributed by atoms with Gasteiger partial charge in [-0.3, -0.25) is 4.68 Å². The van der Waals surface area contributed by atoms with Crippen LogP contribution in [-0.4, -0.2) is 28.9 Å². The Labute approximate surface area is 126 Å². The smallest absolute Gasteiger partial charge is 0.151 e. The van der Waals surface area contributed by atoms with Crippen molar-refractivity contribution in [3.8, 4) is 0 Å². The standard InChI is InChI=1S/C17H24N4/c1-13(2)15-12-21(17-9-10-20(3)19-17)16(11-18-15)14-7-5-4-6-8-14/h4-10,13,15-16,18H,11-12H2,1-3H3. The molecule has 0 amide bonds. The summed E-state index contributed by atoms with van der Waals surface area (Å²) in [5.41, 5.74) is 1.35. The quantitative estimate of drug-likeness (QED) is 0.940. The minimum Gasteiger partial charge on any atom is -0.345 e. The molecule has 1 aromatic carbocycles. The second kappa shape index (κ2) is 5.90. The van der Waals surface area contributed by atoms with Crippen LogP contribution in [0.5, 0.6) is 0 Å². The molecule has 0 radical (unpaired) electrons. The first-order valence-corrected chi connectivity index (χ1v) is 7.70. The number of hydrogen-bond donors (Lipinski definition) is 1. The predicted molar refractivity (Wildman–Crippen MR) is 86.4 cm³/mol. The topological polar surface area (TPSA) is 33.1 Å². The maximum absolute atomic E-state index is 4.62. The molecular weight excluding hydrogens is 260 g/mol. The molecule has 1 saturated heterocycles. The van der Waals surface area contributed by atoms with Crippen LogP contribution in [0.2, 0.25) is 0 Å². The Bertz CT molecular complexity index is 575. The van der Waals surface area contributed by atoms with Gasteiger partial charge in [-0.2, -0.15) is 5.10 Å². The van der Waals surface area contributed by atoms with Gasteiger partial charge in [-0.25, -0.2) is 0 Å². The Kier molecular flexibility index (Phi) is 3.97. The van der Waals surface area contributed by atoms with Gasteiger partial charge in [-0.1, -0.05) is 44.2 Å². The van der Waals surface area contributed by atoms with E-state index in [2.05, 4.69) is 65.6 Å². The van der Waals surface area contributed by atoms with Crippen LogP contribution in [0.25, 0.3) is 0 Å². The van der Waals surface area contributed by atoms with E-state index in [4.69, 9.17) is 0 Å². The van der Waals surface area contributed by atoms with Crippen molar-refractivity contribution in [2.24, 2.45) is 13.0 Å². The molecule has 0 bridgehead atoms. The molecule has 1 aromatic heterocycles. The highest BCUT2D eigenvalue weighted by molar-refractivity contribution is 5.43. The molecule has 3 rings (SSSR count). The van der Waals surface area contributed by atoms with Gasteiger partial charge in [0.25, 0.3) is 0 Å². The fourth-order valence-electron chi connectivity index (χ4n) is 3.01. The van der Waals surface area contributed by atoms with Crippen LogP contribution in [0.1, 0.15) is 25.5 Å². The van der Waals surface area contributed by atoms with Gasteiger partial charge in [0.15, 0.2) is 5.82 Å². The number of anilines is 1. The van der Waals surface area contributed by atoms with E-state index in [1.807, 2.05) is 17.9 Å². The summed E-state index contributed by atoms with van der Waals surface area (Å²) < 4.78 is 1.88. The van der Waals surface area contributed by atoms with E-state index in [0.29, 0.717) is 18.0 Å². The van der Waals surface area contributed by atoms with Gasteiger partial charge in [0, 0.05) is 38.4 Å². The maximum atomic E-state index is 4.62. The molecule has 2 aromatic rings. The second-order valence-electron chi connectivity index (χ2n) is 6.19. The van der Waals surface area contributed by atoms with Gasteiger partial charge < -0.3 is 10.2 Å². The van der Waals surface area contributed by atoms with E-state index in [-0.39, 0.29) is 0 Å². The summed E-state index contributed by atoms with van der Waals surface area (Å²) in [4.78, 5) is 2.44. The average molecular weight is 284 g/mol. The van der Waals surface area contributed by atoms with Gasteiger partial charge >= 0.3 is 0 Å². The first-order chi connectivity index (χ1) is 10.1. The lowest BCUT2D eigenvalue weighted by Gasteiger charge is -2.42. The zero-order chi connectivity index (χ0) is 14.8. The first-order valence-electron chi connectivity index (χ1n) is 7.70. The molecule has 4 heteroatoms. The Balaban J connectivity index is 1.91. The molecule has 2 heterocycles. The second-order valence-corrected chi connectivity index (χ2v) is 6.19. The normalized spacial score (nSPS) is 22.8. The van der Waals surface area contributed by atoms with Gasteiger partial charge in [-0.15, -0.1) is 0 Å². The van der Waals surface area contributed by atoms with E-state index in [9.17, 15) is 0 Å². The molecule has 0 aliphatic carbocycles. The molecule has 2 unspecified atom stereocenters. The van der Waals surface area contributed by atoms with E-state index < -0.39 is 0 Å². The molecule has 1 N–H and O–H groups in total. The average Bonchev–Trinajstić information content (AvgIpc) is 2.94. The Morgan fingerprint density at radius 1 is 1.19 bits per heavy atom. The number of nitrogens with zero attached hydrogens (tertiary/aromatic N) is 3. The van der Waals surface area contributed by atoms with Crippen molar-refractivity contribution in [1.29, 1.82) is 0 Å². The van der Waals surface area contributed by atoms with E-state index in [1.54, 1.807) is 0 Å². The molecule has 21 heavy (non-hydrogen) atoms. The summed E-state index contributed by atoms with van der Waals surface area (Å²) in [5.74, 6) is 1.69. The van der Waals surface area contributed by atoms with Crippen LogP contribution in [0, 0.1) is 5.92 Å². The summed E-state index contributed by atoms with van der Waals surface area (Å²) in [6.07, 6.45) is 2.02. The fraction of sp³-hybridized carbons (Fsp3) is 0.471. The molecule has 2 atom stereocenters. The van der Waals surface area contributed by atoms with Crippen molar-refractivity contribution in [3.05, 3.63) is 48.2 Å². The van der Waals surface area contributed by atoms with Gasteiger partial charge in [0.05, 0.1) is 6.04 Å². The van der Waals surface area contributed by atoms with Crippen molar-refractivity contribution in [2.45, 2.75) is 25.9 Å². The molecule has 0 saturated carbocycles. The van der Waals surface area contributed by atoms with Gasteiger partial charge in [-0.05, 0) is 11.5 Å². The summed E-state index contributed by atoms with van der Waals surface area (Å²) >= 11 is 0. The summed E-state index contributed by atoms with van der Waals surface area (Å²) in [6.45, 7) is 6.51. The Morgan fingerprint density at radius 3 is 2.57 bits per heavy atom. The number of rotatable bonds is 3. The third kappa shape index (κ3) is 2.95. The van der Waals surface area contributed by atoms with Crippen LogP contribution < -0.4 is 10.2 Å². The van der Waals surface area contributed by atoms with E-state index in [0.717, 1.165) is 18.9 Å². The van der Waals surface area contributed by atoms with Gasteiger partial charge in [0.2, 0.25) is 0 Å². The highest BCUT2D eigenvalue weighted by Gasteiger charge is 2.31. The predicted octanol–water partition coefficient (Wildman–Crippen LogP) is 2.60. The van der Waals surface area contributed by atoms with E-state index in [1.165, 1.54) is 5.56 Å². The van der Waals surface area contributed by atoms with Crippen LogP contribution in [-0.2, 0) is 7.05 Å². The largest absolute Gasteiger partial charge is 0.345 e. The van der Waals surface area contributed by atoms with Crippen LogP contribution in [0.15, 0.2) is 42.6 Å². The molecule has 112 valence electrons. The lowest BCUT2D eigenvalue weighted by molar-refractivity contribution is 0.329. The first kappa shape index (κ1) is 14.1. The molecule has 1 fully saturated rings. The number of nitrogens with one attached hydrogen (secondary N) is 1. The minimum atomic E-state index is 0.344. The molecule has 1 aliphatic heterocycles. The number of hydrogen-bond acceptors (Lipinski definition) is 3. The molecule has 1 aliphatic rings. The lowest BCUT2D eigenvalue weighted by atomic mass is 9.96. The van der Waals surface area contributed by atoms with Crippen molar-refractivity contribution >= 4 is 5.82 Å². The fourth-order valence-corrected chi connectivity index (χ4v) is 3.01. The third-order valence-electron chi connectivity index (χ3n) is 4.33. The highest BCUT2D eigenvalue weighted by atomic mass is 15.4.